The van der Waals surface area contributed by atoms with Crippen LogP contribution in [-0.2, 0) is 0 Å². The number of furan rings is 1. The second kappa shape index (κ2) is 3.37. The van der Waals surface area contributed by atoms with Gasteiger partial charge in [-0.05, 0) is 29.8 Å². The number of carbonyl (C=O) groups is 1. The minimum Gasteiger partial charge on any atom is -0.448 e. The van der Waals surface area contributed by atoms with Gasteiger partial charge in [0, 0.05) is 9.86 Å². The summed E-state index contributed by atoms with van der Waals surface area (Å²) in [5.41, 5.74) is 0.0391. The van der Waals surface area contributed by atoms with E-state index >= 15 is 0 Å². The third kappa shape index (κ3) is 1.55. The molecule has 1 heterocycles. The van der Waals surface area contributed by atoms with E-state index in [0.717, 1.165) is 0 Å². The molecule has 1 aromatic heterocycles. The molecule has 72 valence electrons. The Balaban J connectivity index is 2.76. The zero-order valence-corrected chi connectivity index (χ0v) is 9.02. The Labute approximate surface area is 91.8 Å². The Morgan fingerprint density at radius 1 is 1.43 bits per heavy atom. The van der Waals surface area contributed by atoms with E-state index in [2.05, 4.69) is 15.9 Å². The first-order valence-corrected chi connectivity index (χ1v) is 4.83. The van der Waals surface area contributed by atoms with Gasteiger partial charge in [0.25, 0.3) is 5.24 Å². The second-order valence-corrected chi connectivity index (χ2v) is 3.95. The summed E-state index contributed by atoms with van der Waals surface area (Å²) in [6.45, 7) is 0. The van der Waals surface area contributed by atoms with E-state index in [4.69, 9.17) is 16.0 Å². The van der Waals surface area contributed by atoms with E-state index in [-0.39, 0.29) is 11.3 Å². The highest BCUT2D eigenvalue weighted by molar-refractivity contribution is 9.10. The van der Waals surface area contributed by atoms with Crippen molar-refractivity contribution in [3.05, 3.63) is 34.2 Å². The highest BCUT2D eigenvalue weighted by Gasteiger charge is 2.13. The van der Waals surface area contributed by atoms with Crippen LogP contribution in [0.4, 0.5) is 4.39 Å². The molecule has 0 amide bonds. The lowest BCUT2D eigenvalue weighted by molar-refractivity contribution is 0.105. The molecule has 0 spiro atoms. The topological polar surface area (TPSA) is 30.2 Å². The van der Waals surface area contributed by atoms with Crippen molar-refractivity contribution in [1.82, 2.24) is 0 Å². The van der Waals surface area contributed by atoms with Crippen LogP contribution < -0.4 is 0 Å². The molecule has 14 heavy (non-hydrogen) atoms. The molecule has 0 N–H and O–H groups in total. The largest absolute Gasteiger partial charge is 0.448 e. The SMILES string of the molecule is O=C(Cl)c1cc2cc(Br)cc(F)c2o1. The fraction of sp³-hybridized carbons (Fsp3) is 0. The molecule has 0 unspecified atom stereocenters. The van der Waals surface area contributed by atoms with Gasteiger partial charge in [-0.3, -0.25) is 4.79 Å². The standard InChI is InChI=1S/C9H3BrClFO2/c10-5-1-4-2-7(9(11)13)14-8(4)6(12)3-5/h1-3H. The van der Waals surface area contributed by atoms with Gasteiger partial charge in [0.05, 0.1) is 0 Å². The van der Waals surface area contributed by atoms with Crippen molar-refractivity contribution in [2.75, 3.05) is 0 Å². The minimum absolute atomic E-state index is 0.0391. The first kappa shape index (κ1) is 9.68. The minimum atomic E-state index is -0.739. The van der Waals surface area contributed by atoms with Crippen LogP contribution in [0.3, 0.4) is 0 Å². The van der Waals surface area contributed by atoms with Gasteiger partial charge in [-0.1, -0.05) is 15.9 Å². The van der Waals surface area contributed by atoms with E-state index in [1.165, 1.54) is 12.1 Å². The molecule has 0 saturated carbocycles. The Morgan fingerprint density at radius 3 is 2.79 bits per heavy atom. The number of fused-ring (bicyclic) bond motifs is 1. The Hall–Kier alpha value is -0.870. The zero-order chi connectivity index (χ0) is 10.3. The normalized spacial score (nSPS) is 10.8. The molecule has 2 aromatic rings. The summed E-state index contributed by atoms with van der Waals surface area (Å²) in [4.78, 5) is 10.7. The van der Waals surface area contributed by atoms with Gasteiger partial charge >= 0.3 is 0 Å². The van der Waals surface area contributed by atoms with Crippen molar-refractivity contribution in [3.63, 3.8) is 0 Å². The van der Waals surface area contributed by atoms with Crippen LogP contribution >= 0.6 is 27.5 Å². The monoisotopic (exact) mass is 276 g/mol. The van der Waals surface area contributed by atoms with Crippen molar-refractivity contribution >= 4 is 43.7 Å². The summed E-state index contributed by atoms with van der Waals surface area (Å²) in [5.74, 6) is -0.586. The molecule has 0 atom stereocenters. The highest BCUT2D eigenvalue weighted by Crippen LogP contribution is 2.26. The van der Waals surface area contributed by atoms with Crippen molar-refractivity contribution in [1.29, 1.82) is 0 Å². The smallest absolute Gasteiger partial charge is 0.287 e. The summed E-state index contributed by atoms with van der Waals surface area (Å²) in [6, 6.07) is 4.30. The van der Waals surface area contributed by atoms with E-state index in [0.29, 0.717) is 9.86 Å². The van der Waals surface area contributed by atoms with E-state index < -0.39 is 11.1 Å². The van der Waals surface area contributed by atoms with Gasteiger partial charge in [0.15, 0.2) is 17.2 Å². The fourth-order valence-corrected chi connectivity index (χ4v) is 1.71. The van der Waals surface area contributed by atoms with Gasteiger partial charge in [-0.25, -0.2) is 4.39 Å². The third-order valence-corrected chi connectivity index (χ3v) is 2.37. The van der Waals surface area contributed by atoms with Crippen molar-refractivity contribution in [2.24, 2.45) is 0 Å². The molecule has 2 nitrogen and oxygen atoms in total. The average Bonchev–Trinajstić information content (AvgIpc) is 2.47. The van der Waals surface area contributed by atoms with E-state index in [9.17, 15) is 9.18 Å². The number of benzene rings is 1. The van der Waals surface area contributed by atoms with Crippen LogP contribution in [0.15, 0.2) is 27.1 Å². The molecule has 0 saturated heterocycles. The first-order chi connectivity index (χ1) is 6.58. The van der Waals surface area contributed by atoms with Crippen molar-refractivity contribution in [2.45, 2.75) is 0 Å². The van der Waals surface area contributed by atoms with Gasteiger partial charge in [-0.2, -0.15) is 0 Å². The van der Waals surface area contributed by atoms with Crippen LogP contribution in [0.1, 0.15) is 10.6 Å². The third-order valence-electron chi connectivity index (χ3n) is 1.73. The average molecular weight is 277 g/mol. The molecular formula is C9H3BrClFO2. The molecule has 0 radical (unpaired) electrons. The van der Waals surface area contributed by atoms with Crippen LogP contribution in [0.2, 0.25) is 0 Å². The maximum absolute atomic E-state index is 13.2. The lowest BCUT2D eigenvalue weighted by atomic mass is 10.2. The summed E-state index contributed by atoms with van der Waals surface area (Å²) in [7, 11) is 0. The molecular weight excluding hydrogens is 274 g/mol. The van der Waals surface area contributed by atoms with Crippen LogP contribution in [0.25, 0.3) is 11.0 Å². The number of hydrogen-bond acceptors (Lipinski definition) is 2. The molecule has 1 aromatic carbocycles. The molecule has 0 fully saturated rings. The Morgan fingerprint density at radius 2 is 2.14 bits per heavy atom. The van der Waals surface area contributed by atoms with E-state index in [1.807, 2.05) is 0 Å². The first-order valence-electron chi connectivity index (χ1n) is 3.66. The molecule has 0 aliphatic carbocycles. The van der Waals surface area contributed by atoms with Gasteiger partial charge in [0.2, 0.25) is 0 Å². The Bertz CT molecular complexity index is 521. The van der Waals surface area contributed by atoms with E-state index in [1.54, 1.807) is 6.07 Å². The predicted octanol–water partition coefficient (Wildman–Crippen LogP) is 3.71. The van der Waals surface area contributed by atoms with Gasteiger partial charge in [0.1, 0.15) is 0 Å². The summed E-state index contributed by atoms with van der Waals surface area (Å²) in [6.07, 6.45) is 0. The highest BCUT2D eigenvalue weighted by atomic mass is 79.9. The van der Waals surface area contributed by atoms with Gasteiger partial charge < -0.3 is 4.42 Å². The number of halogens is 3. The maximum Gasteiger partial charge on any atom is 0.287 e. The van der Waals surface area contributed by atoms with Crippen LogP contribution in [0.5, 0.6) is 0 Å². The summed E-state index contributed by atoms with van der Waals surface area (Å²) in [5, 5.41) is -0.238. The quantitative estimate of drug-likeness (QED) is 0.744. The molecule has 0 aliphatic rings. The lowest BCUT2D eigenvalue weighted by Gasteiger charge is -1.91. The van der Waals surface area contributed by atoms with Crippen molar-refractivity contribution < 1.29 is 13.6 Å². The second-order valence-electron chi connectivity index (χ2n) is 2.69. The molecule has 5 heteroatoms. The molecule has 2 rings (SSSR count). The molecule has 0 bridgehead atoms. The van der Waals surface area contributed by atoms with Gasteiger partial charge in [-0.15, -0.1) is 0 Å². The Kier molecular flexibility index (Phi) is 2.33. The van der Waals surface area contributed by atoms with Crippen LogP contribution in [-0.4, -0.2) is 5.24 Å². The zero-order valence-electron chi connectivity index (χ0n) is 6.68. The number of hydrogen-bond donors (Lipinski definition) is 0. The predicted molar refractivity (Wildman–Crippen MR) is 54.1 cm³/mol. The fourth-order valence-electron chi connectivity index (χ4n) is 1.17. The number of rotatable bonds is 1. The van der Waals surface area contributed by atoms with Crippen molar-refractivity contribution in [3.8, 4) is 0 Å². The van der Waals surface area contributed by atoms with Crippen LogP contribution in [0, 0.1) is 5.82 Å². The summed E-state index contributed by atoms with van der Waals surface area (Å²) < 4.78 is 18.8. The summed E-state index contributed by atoms with van der Waals surface area (Å²) >= 11 is 8.33. The number of carbonyl (C=O) groups excluding carboxylic acids is 1. The lowest BCUT2D eigenvalue weighted by Crippen LogP contribution is -1.81. The maximum atomic E-state index is 13.2. The molecule has 0 aliphatic heterocycles.